The van der Waals surface area contributed by atoms with Crippen molar-refractivity contribution in [2.75, 3.05) is 0 Å². The summed E-state index contributed by atoms with van der Waals surface area (Å²) < 4.78 is 10.7. The van der Waals surface area contributed by atoms with E-state index < -0.39 is 0 Å². The molecule has 0 fully saturated rings. The molecule has 134 heavy (non-hydrogen) atoms. The lowest BCUT2D eigenvalue weighted by Gasteiger charge is -2.33. The number of furan rings is 1. The molecule has 0 unspecified atom stereocenters. The summed E-state index contributed by atoms with van der Waals surface area (Å²) in [5, 5.41) is 7.76. The van der Waals surface area contributed by atoms with Gasteiger partial charge in [0.15, 0.2) is 0 Å². The Balaban J connectivity index is 0.000000139. The molecule has 3 aromatic heterocycles. The Morgan fingerprint density at radius 1 is 0.194 bits per heavy atom. The summed E-state index contributed by atoms with van der Waals surface area (Å²) in [5.74, 6) is 0. The van der Waals surface area contributed by atoms with Crippen LogP contribution in [0.5, 0.6) is 0 Å². The molecule has 0 atom stereocenters. The van der Waals surface area contributed by atoms with Crippen LogP contribution in [0.3, 0.4) is 0 Å². The van der Waals surface area contributed by atoms with E-state index in [-0.39, 0.29) is 10.8 Å². The van der Waals surface area contributed by atoms with Gasteiger partial charge in [-0.2, -0.15) is 0 Å². The lowest BCUT2D eigenvalue weighted by molar-refractivity contribution is 0.469. The molecule has 0 N–H and O–H groups in total. The molecule has 20 aromatic rings. The molecule has 0 amide bonds. The van der Waals surface area contributed by atoms with Gasteiger partial charge in [-0.15, -0.1) is 11.3 Å². The lowest BCUT2D eigenvalue weighted by atomic mass is 9.68. The molecule has 3 aliphatic rings. The minimum Gasteiger partial charge on any atom is -0.456 e. The fourth-order valence-electron chi connectivity index (χ4n) is 16.6. The highest BCUT2D eigenvalue weighted by Gasteiger charge is 2.51. The van der Waals surface area contributed by atoms with E-state index in [1.54, 1.807) is 0 Å². The highest BCUT2D eigenvalue weighted by atomic mass is 32.1. The smallest absolute Gasteiger partial charge is 0.135 e. The van der Waals surface area contributed by atoms with E-state index in [0.717, 1.165) is 11.2 Å². The molecule has 3 heteroatoms. The second-order valence-electron chi connectivity index (χ2n) is 42.7. The van der Waals surface area contributed by atoms with Crippen molar-refractivity contribution in [1.82, 2.24) is 4.57 Å². The van der Waals surface area contributed by atoms with Gasteiger partial charge in [-0.25, -0.2) is 0 Å². The van der Waals surface area contributed by atoms with Crippen LogP contribution in [-0.2, 0) is 10.8 Å². The van der Waals surface area contributed by atoms with Crippen molar-refractivity contribution in [3.05, 3.63) is 498 Å². The molecule has 3 aliphatic carbocycles. The molecular formula is C131H139NOS. The molecule has 17 aromatic carbocycles. The quantitative estimate of drug-likeness (QED) is 0.172. The number of hydrogen-bond donors (Lipinski definition) is 0. The second kappa shape index (κ2) is 44.9. The Labute approximate surface area is 806 Å². The summed E-state index contributed by atoms with van der Waals surface area (Å²) in [4.78, 5) is 0. The summed E-state index contributed by atoms with van der Waals surface area (Å²) in [7, 11) is 0. The number of hydrogen-bond acceptors (Lipinski definition) is 2. The number of para-hydroxylation sites is 5. The van der Waals surface area contributed by atoms with Gasteiger partial charge in [0, 0.05) is 47.4 Å². The summed E-state index contributed by atoms with van der Waals surface area (Å²) in [6.45, 7) is 47.9. The molecular weight excluding hydrogens is 1640 g/mol. The molecule has 0 saturated heterocycles. The van der Waals surface area contributed by atoms with Crippen LogP contribution in [-0.4, -0.2) is 4.57 Å². The molecule has 23 rings (SSSR count). The van der Waals surface area contributed by atoms with Gasteiger partial charge >= 0.3 is 0 Å². The van der Waals surface area contributed by atoms with Crippen molar-refractivity contribution < 1.29 is 4.42 Å². The average Bonchev–Trinajstić information content (AvgIpc) is 1.51. The zero-order valence-corrected chi connectivity index (χ0v) is 84.2. The van der Waals surface area contributed by atoms with Crippen LogP contribution in [0.15, 0.2) is 447 Å². The number of benzene rings is 17. The molecule has 2 nitrogen and oxygen atoms in total. The van der Waals surface area contributed by atoms with Crippen LogP contribution >= 0.6 is 11.3 Å². The van der Waals surface area contributed by atoms with Gasteiger partial charge in [0.1, 0.15) is 11.2 Å². The third kappa shape index (κ3) is 26.1. The molecule has 3 heterocycles. The summed E-state index contributed by atoms with van der Waals surface area (Å²) in [6, 6.07) is 157. The third-order valence-corrected chi connectivity index (χ3v) is 22.5. The fraction of sp³-hybridized carbons (Fsp3) is 0.221. The van der Waals surface area contributed by atoms with Crippen LogP contribution in [0, 0.1) is 40.9 Å². The Bertz CT molecular complexity index is 6280. The molecule has 1 spiro atoms. The molecule has 0 saturated carbocycles. The highest BCUT2D eigenvalue weighted by molar-refractivity contribution is 7.25. The fourth-order valence-corrected chi connectivity index (χ4v) is 17.8. The Kier molecular flexibility index (Phi) is 33.3. The van der Waals surface area contributed by atoms with Gasteiger partial charge in [-0.05, 0) is 167 Å². The van der Waals surface area contributed by atoms with Crippen molar-refractivity contribution in [3.63, 3.8) is 0 Å². The predicted octanol–water partition coefficient (Wildman–Crippen LogP) is 38.8. The van der Waals surface area contributed by atoms with E-state index in [4.69, 9.17) is 4.42 Å². The van der Waals surface area contributed by atoms with Crippen LogP contribution in [0.25, 0.3) is 103 Å². The van der Waals surface area contributed by atoms with Crippen molar-refractivity contribution in [2.45, 2.75) is 163 Å². The maximum atomic E-state index is 5.65. The second-order valence-corrected chi connectivity index (χ2v) is 43.8. The summed E-state index contributed by atoms with van der Waals surface area (Å²) >= 11 is 1.86. The number of rotatable bonds is 3. The zero-order valence-electron chi connectivity index (χ0n) is 83.4. The molecule has 0 radical (unpaired) electrons. The van der Waals surface area contributed by atoms with E-state index in [0.29, 0.717) is 27.1 Å². The van der Waals surface area contributed by atoms with Crippen molar-refractivity contribution in [1.29, 1.82) is 0 Å². The largest absolute Gasteiger partial charge is 0.456 e. The molecule has 680 valence electrons. The number of aryl methyl sites for hydroxylation is 2. The minimum atomic E-state index is -0.254. The Morgan fingerprint density at radius 2 is 0.396 bits per heavy atom. The maximum absolute atomic E-state index is 5.65. The van der Waals surface area contributed by atoms with Crippen LogP contribution < -0.4 is 0 Å². The SMILES string of the molecule is CC(C)(C)C.CC(C)(C)C.CC(C)(C)C.CC(C)(C)C.CC(C)(C)C.Cc1ccccc1.Cc1ccccc1.c1ccc(-n2c3ccccc3c3ccccc32)cc1.c1ccc(C2(c3ccccc3)c3ccccc3-c3ccccc32)cc1.c1ccc2c(c1)-c1ccccc1C21c2ccccc2-c2ccccc21.c1ccc2c(c1)oc1ccccc12.c1ccc2c(c1)sc1ccccc12. The normalized spacial score (nSPS) is 12.2. The standard InChI is InChI=1S/C25H16.C25H18.C18H13N.C12H8O.C12H8S.2C7H8.5C5H12/c1-5-13-21-17(9-1)18-10-2-6-14-22(18)25(21)23-15-7-3-11-19(23)20-12-4-8-16-24(20)25;1-3-11-19(12-4-1)25(20-13-5-2-6-14-20)23-17-9-7-15-21(23)22-16-8-10-18-24(22)25;1-2-8-14(9-3-1)19-17-12-6-4-10-15(17)16-11-5-7-13-18(16)19;2*1-3-7-11-9(5-1)10-6-2-4-8-12(10)13-11;2*1-7-5-3-2-4-6-7;5*1-5(2,3)4/h1-16H;1-18H;1-13H;2*1-8H;2*2-6H,1H3;5*1-4H3. The van der Waals surface area contributed by atoms with Crippen LogP contribution in [0.1, 0.15) is 194 Å². The van der Waals surface area contributed by atoms with Crippen molar-refractivity contribution in [3.8, 4) is 39.1 Å². The van der Waals surface area contributed by atoms with Crippen LogP contribution in [0.2, 0.25) is 0 Å². The number of fused-ring (bicyclic) bond motifs is 22. The maximum Gasteiger partial charge on any atom is 0.135 e. The topological polar surface area (TPSA) is 18.1 Å². The van der Waals surface area contributed by atoms with E-state index in [1.807, 2.05) is 84.1 Å². The first kappa shape index (κ1) is 99.6. The zero-order chi connectivity index (χ0) is 95.9. The Morgan fingerprint density at radius 3 is 0.664 bits per heavy atom. The third-order valence-electron chi connectivity index (χ3n) is 21.3. The van der Waals surface area contributed by atoms with Gasteiger partial charge in [0.05, 0.1) is 21.9 Å². The molecule has 0 bridgehead atoms. The van der Waals surface area contributed by atoms with Gasteiger partial charge in [0.25, 0.3) is 0 Å². The number of nitrogens with zero attached hydrogens (tertiary/aromatic N) is 1. The van der Waals surface area contributed by atoms with Crippen molar-refractivity contribution >= 4 is 75.3 Å². The average molecular weight is 1780 g/mol. The van der Waals surface area contributed by atoms with E-state index in [9.17, 15) is 0 Å². The van der Waals surface area contributed by atoms with Crippen molar-refractivity contribution in [2.24, 2.45) is 27.1 Å². The predicted molar refractivity (Wildman–Crippen MR) is 588 cm³/mol. The number of thiophene rings is 1. The van der Waals surface area contributed by atoms with E-state index in [2.05, 4.69) is 527 Å². The minimum absolute atomic E-state index is 0.180. The lowest BCUT2D eigenvalue weighted by Crippen LogP contribution is -2.28. The first-order chi connectivity index (χ1) is 64.0. The Hall–Kier alpha value is -13.4. The van der Waals surface area contributed by atoms with Gasteiger partial charge in [0.2, 0.25) is 0 Å². The van der Waals surface area contributed by atoms with Crippen LogP contribution in [0.4, 0.5) is 0 Å². The van der Waals surface area contributed by atoms with Gasteiger partial charge in [-0.1, -0.05) is 544 Å². The highest BCUT2D eigenvalue weighted by Crippen LogP contribution is 2.63. The summed E-state index contributed by atoms with van der Waals surface area (Å²) in [6.07, 6.45) is 0. The first-order valence-corrected chi connectivity index (χ1v) is 48.3. The first-order valence-electron chi connectivity index (χ1n) is 47.5. The van der Waals surface area contributed by atoms with E-state index >= 15 is 0 Å². The van der Waals surface area contributed by atoms with Gasteiger partial charge < -0.3 is 8.98 Å². The molecule has 0 aliphatic heterocycles. The van der Waals surface area contributed by atoms with Gasteiger partial charge in [-0.3, -0.25) is 0 Å². The summed E-state index contributed by atoms with van der Waals surface area (Å²) in [5.41, 5.74) is 29.5. The van der Waals surface area contributed by atoms with E-state index in [1.165, 1.54) is 147 Å². The number of aromatic nitrogens is 1. The monoisotopic (exact) mass is 1770 g/mol.